The molecule has 3 rings (SSSR count). The maximum atomic E-state index is 12.1. The van der Waals surface area contributed by atoms with Gasteiger partial charge >= 0.3 is 5.69 Å². The predicted octanol–water partition coefficient (Wildman–Crippen LogP) is 3.35. The summed E-state index contributed by atoms with van der Waals surface area (Å²) in [6.07, 6.45) is 3.18. The quantitative estimate of drug-likeness (QED) is 0.752. The zero-order valence-corrected chi connectivity index (χ0v) is 12.5. The molecule has 1 N–H and O–H groups in total. The third kappa shape index (κ3) is 3.74. The molecule has 0 aliphatic carbocycles. The number of hydrogen-bond acceptors (Lipinski definition) is 3. The van der Waals surface area contributed by atoms with Crippen LogP contribution in [0.5, 0.6) is 0 Å². The highest BCUT2D eigenvalue weighted by atomic mass is 16.3. The van der Waals surface area contributed by atoms with Crippen molar-refractivity contribution in [2.45, 2.75) is 6.54 Å². The van der Waals surface area contributed by atoms with Gasteiger partial charge in [-0.3, -0.25) is 4.57 Å². The molecule has 23 heavy (non-hydrogen) atoms. The average molecular weight is 304 g/mol. The first-order valence-electron chi connectivity index (χ1n) is 7.30. The van der Waals surface area contributed by atoms with E-state index in [1.807, 2.05) is 48.5 Å². The van der Waals surface area contributed by atoms with Crippen LogP contribution >= 0.6 is 0 Å². The lowest BCUT2D eigenvalue weighted by molar-refractivity contribution is 0.515. The molecule has 0 aliphatic heterocycles. The molecule has 0 radical (unpaired) electrons. The molecule has 114 valence electrons. The monoisotopic (exact) mass is 304 g/mol. The Morgan fingerprint density at radius 3 is 2.30 bits per heavy atom. The molecule has 4 nitrogen and oxygen atoms in total. The Kier molecular flexibility index (Phi) is 4.34. The zero-order valence-electron chi connectivity index (χ0n) is 12.5. The summed E-state index contributed by atoms with van der Waals surface area (Å²) in [5.41, 5.74) is 1.80. The molecule has 1 heterocycles. The van der Waals surface area contributed by atoms with Crippen LogP contribution in [0.3, 0.4) is 0 Å². The lowest BCUT2D eigenvalue weighted by Crippen LogP contribution is -2.23. The van der Waals surface area contributed by atoms with E-state index in [1.165, 1.54) is 10.6 Å². The lowest BCUT2D eigenvalue weighted by atomic mass is 10.1. The standard InChI is InChI=1S/C19H16N2O2/c22-18(16-9-5-2-6-10-16)13-17-11-12-21(19(23)20-17)14-15-7-3-1-4-8-15/h1-13,22H,14H2/b18-13-. The highest BCUT2D eigenvalue weighted by Gasteiger charge is 2.02. The van der Waals surface area contributed by atoms with Gasteiger partial charge in [-0.25, -0.2) is 4.79 Å². The van der Waals surface area contributed by atoms with Crippen molar-refractivity contribution in [1.82, 2.24) is 9.55 Å². The smallest absolute Gasteiger partial charge is 0.348 e. The van der Waals surface area contributed by atoms with Crippen LogP contribution in [0, 0.1) is 0 Å². The number of hydrogen-bond donors (Lipinski definition) is 1. The van der Waals surface area contributed by atoms with Crippen molar-refractivity contribution in [3.05, 3.63) is 100 Å². The SMILES string of the molecule is O=c1nc(/C=C(\O)c2ccccc2)ccn1Cc1ccccc1. The summed E-state index contributed by atoms with van der Waals surface area (Å²) < 4.78 is 1.53. The molecule has 0 bridgehead atoms. The van der Waals surface area contributed by atoms with Crippen molar-refractivity contribution in [3.8, 4) is 0 Å². The van der Waals surface area contributed by atoms with Crippen LogP contribution in [0.2, 0.25) is 0 Å². The number of aliphatic hydroxyl groups is 1. The van der Waals surface area contributed by atoms with Gasteiger partial charge in [-0.1, -0.05) is 60.7 Å². The number of nitrogens with zero attached hydrogens (tertiary/aromatic N) is 2. The van der Waals surface area contributed by atoms with Crippen molar-refractivity contribution in [3.63, 3.8) is 0 Å². The van der Waals surface area contributed by atoms with Gasteiger partial charge in [0.15, 0.2) is 0 Å². The van der Waals surface area contributed by atoms with Gasteiger partial charge in [0, 0.05) is 17.8 Å². The van der Waals surface area contributed by atoms with Crippen molar-refractivity contribution in [2.24, 2.45) is 0 Å². The van der Waals surface area contributed by atoms with E-state index in [4.69, 9.17) is 0 Å². The molecule has 4 heteroatoms. The highest BCUT2D eigenvalue weighted by molar-refractivity contribution is 5.74. The Balaban J connectivity index is 1.84. The first kappa shape index (κ1) is 14.8. The van der Waals surface area contributed by atoms with E-state index in [1.54, 1.807) is 24.4 Å². The average Bonchev–Trinajstić information content (AvgIpc) is 2.59. The summed E-state index contributed by atoms with van der Waals surface area (Å²) in [4.78, 5) is 16.1. The molecule has 0 saturated carbocycles. The summed E-state index contributed by atoms with van der Waals surface area (Å²) in [5.74, 6) is 0.0818. The molecule has 0 unspecified atom stereocenters. The second-order valence-electron chi connectivity index (χ2n) is 5.14. The fraction of sp³-hybridized carbons (Fsp3) is 0.0526. The predicted molar refractivity (Wildman–Crippen MR) is 91.0 cm³/mol. The van der Waals surface area contributed by atoms with E-state index < -0.39 is 0 Å². The van der Waals surface area contributed by atoms with E-state index >= 15 is 0 Å². The Labute approximate surface area is 134 Å². The second kappa shape index (κ2) is 6.75. The van der Waals surface area contributed by atoms with E-state index in [0.717, 1.165) is 5.56 Å². The van der Waals surface area contributed by atoms with Crippen LogP contribution in [0.1, 0.15) is 16.8 Å². The summed E-state index contributed by atoms with van der Waals surface area (Å²) in [7, 11) is 0. The third-order valence-corrected chi connectivity index (χ3v) is 3.45. The fourth-order valence-corrected chi connectivity index (χ4v) is 2.26. The number of aromatic nitrogens is 2. The van der Waals surface area contributed by atoms with Gasteiger partial charge in [0.25, 0.3) is 0 Å². The minimum atomic E-state index is -0.344. The van der Waals surface area contributed by atoms with Crippen LogP contribution in [0.4, 0.5) is 0 Å². The fourth-order valence-electron chi connectivity index (χ4n) is 2.26. The molecular formula is C19H16N2O2. The molecule has 0 fully saturated rings. The molecule has 0 spiro atoms. The minimum absolute atomic E-state index is 0.0818. The van der Waals surface area contributed by atoms with E-state index in [0.29, 0.717) is 17.8 Å². The molecular weight excluding hydrogens is 288 g/mol. The molecule has 1 aromatic heterocycles. The number of benzene rings is 2. The van der Waals surface area contributed by atoms with Crippen LogP contribution < -0.4 is 5.69 Å². The maximum Gasteiger partial charge on any atom is 0.348 e. The topological polar surface area (TPSA) is 55.1 Å². The first-order chi connectivity index (χ1) is 11.2. The van der Waals surface area contributed by atoms with Gasteiger partial charge in [0.2, 0.25) is 0 Å². The van der Waals surface area contributed by atoms with Crippen LogP contribution in [-0.2, 0) is 6.54 Å². The van der Waals surface area contributed by atoms with E-state index in [2.05, 4.69) is 4.98 Å². The normalized spacial score (nSPS) is 11.4. The minimum Gasteiger partial charge on any atom is -0.507 e. The van der Waals surface area contributed by atoms with Crippen molar-refractivity contribution in [1.29, 1.82) is 0 Å². The van der Waals surface area contributed by atoms with Gasteiger partial charge in [-0.2, -0.15) is 4.98 Å². The second-order valence-corrected chi connectivity index (χ2v) is 5.14. The summed E-state index contributed by atoms with van der Waals surface area (Å²) in [5, 5.41) is 10.1. The van der Waals surface area contributed by atoms with Crippen LogP contribution in [0.15, 0.2) is 77.7 Å². The van der Waals surface area contributed by atoms with Crippen molar-refractivity contribution >= 4 is 11.8 Å². The van der Waals surface area contributed by atoms with Crippen LogP contribution in [0.25, 0.3) is 11.8 Å². The molecule has 0 saturated heterocycles. The Bertz CT molecular complexity index is 869. The Hall–Kier alpha value is -3.14. The summed E-state index contributed by atoms with van der Waals surface area (Å²) in [6.45, 7) is 0.474. The largest absolute Gasteiger partial charge is 0.507 e. The maximum absolute atomic E-state index is 12.1. The van der Waals surface area contributed by atoms with E-state index in [9.17, 15) is 9.90 Å². The Morgan fingerprint density at radius 1 is 1.00 bits per heavy atom. The number of rotatable bonds is 4. The molecule has 0 atom stereocenters. The van der Waals surface area contributed by atoms with Gasteiger partial charge in [0.1, 0.15) is 5.76 Å². The van der Waals surface area contributed by atoms with Crippen LogP contribution in [-0.4, -0.2) is 14.7 Å². The van der Waals surface area contributed by atoms with E-state index in [-0.39, 0.29) is 11.4 Å². The summed E-state index contributed by atoms with van der Waals surface area (Å²) in [6, 6.07) is 20.6. The van der Waals surface area contributed by atoms with Gasteiger partial charge in [-0.05, 0) is 11.6 Å². The first-order valence-corrected chi connectivity index (χ1v) is 7.30. The molecule has 2 aromatic carbocycles. The third-order valence-electron chi connectivity index (χ3n) is 3.45. The molecule has 0 amide bonds. The van der Waals surface area contributed by atoms with Crippen molar-refractivity contribution < 1.29 is 5.11 Å². The lowest BCUT2D eigenvalue weighted by Gasteiger charge is -2.05. The zero-order chi connectivity index (χ0) is 16.1. The molecule has 3 aromatic rings. The number of aliphatic hydroxyl groups excluding tert-OH is 1. The Morgan fingerprint density at radius 2 is 1.65 bits per heavy atom. The summed E-state index contributed by atoms with van der Waals surface area (Å²) >= 11 is 0. The van der Waals surface area contributed by atoms with Gasteiger partial charge in [-0.15, -0.1) is 0 Å². The molecule has 0 aliphatic rings. The highest BCUT2D eigenvalue weighted by Crippen LogP contribution is 2.13. The van der Waals surface area contributed by atoms with Gasteiger partial charge in [0.05, 0.1) is 12.2 Å². The van der Waals surface area contributed by atoms with Gasteiger partial charge < -0.3 is 5.11 Å². The van der Waals surface area contributed by atoms with Crippen molar-refractivity contribution in [2.75, 3.05) is 0 Å².